The normalized spacial score (nSPS) is 21.7. The van der Waals surface area contributed by atoms with Gasteiger partial charge in [-0.15, -0.1) is 0 Å². The number of nitrogens with one attached hydrogen (secondary N) is 1. The Bertz CT molecular complexity index is 459. The molecule has 1 aromatic rings. The van der Waals surface area contributed by atoms with E-state index < -0.39 is 0 Å². The van der Waals surface area contributed by atoms with E-state index in [4.69, 9.17) is 10.00 Å². The maximum Gasteiger partial charge on any atom is 0.174 e. The van der Waals surface area contributed by atoms with Gasteiger partial charge in [0.1, 0.15) is 11.8 Å². The lowest BCUT2D eigenvalue weighted by Gasteiger charge is -2.27. The van der Waals surface area contributed by atoms with Crippen LogP contribution >= 0.6 is 0 Å². The topological polar surface area (TPSA) is 45.0 Å². The van der Waals surface area contributed by atoms with E-state index in [2.05, 4.69) is 18.3 Å². The van der Waals surface area contributed by atoms with E-state index in [1.807, 2.05) is 24.3 Å². The molecule has 0 heterocycles. The summed E-state index contributed by atoms with van der Waals surface area (Å²) >= 11 is 0. The standard InChI is InChI=1S/C18H26N2O/c1-2-15-6-8-16(9-7-15)13-20-14-17-4-3-5-18(12-17)21-11-10-19/h3-5,12,15-16,20H,2,6-9,11,13-14H2,1H3. The molecule has 1 aliphatic carbocycles. The third-order valence-corrected chi connectivity index (χ3v) is 4.51. The number of rotatable bonds is 7. The molecule has 0 aromatic heterocycles. The minimum absolute atomic E-state index is 0.109. The van der Waals surface area contributed by atoms with Crippen LogP contribution in [0.1, 0.15) is 44.6 Å². The van der Waals surface area contributed by atoms with Gasteiger partial charge in [0.05, 0.1) is 0 Å². The van der Waals surface area contributed by atoms with E-state index in [1.54, 1.807) is 0 Å². The monoisotopic (exact) mass is 286 g/mol. The Morgan fingerprint density at radius 1 is 1.24 bits per heavy atom. The predicted octanol–water partition coefficient (Wildman–Crippen LogP) is 3.89. The Morgan fingerprint density at radius 3 is 2.71 bits per heavy atom. The van der Waals surface area contributed by atoms with Crippen LogP contribution in [-0.4, -0.2) is 13.2 Å². The van der Waals surface area contributed by atoms with Crippen molar-refractivity contribution in [3.05, 3.63) is 29.8 Å². The van der Waals surface area contributed by atoms with Crippen LogP contribution in [0.15, 0.2) is 24.3 Å². The summed E-state index contributed by atoms with van der Waals surface area (Å²) < 4.78 is 5.33. The molecule has 2 rings (SSSR count). The number of hydrogen-bond donors (Lipinski definition) is 1. The van der Waals surface area contributed by atoms with Crippen molar-refractivity contribution in [1.82, 2.24) is 5.32 Å². The van der Waals surface area contributed by atoms with Crippen LogP contribution in [0.2, 0.25) is 0 Å². The molecule has 1 aliphatic rings. The summed E-state index contributed by atoms with van der Waals surface area (Å²) in [7, 11) is 0. The number of nitriles is 1. The second-order valence-corrected chi connectivity index (χ2v) is 6.02. The fourth-order valence-corrected chi connectivity index (χ4v) is 3.13. The van der Waals surface area contributed by atoms with Crippen LogP contribution in [-0.2, 0) is 6.54 Å². The molecular weight excluding hydrogens is 260 g/mol. The van der Waals surface area contributed by atoms with Gasteiger partial charge >= 0.3 is 0 Å². The Balaban J connectivity index is 1.70. The van der Waals surface area contributed by atoms with Crippen LogP contribution in [0.25, 0.3) is 0 Å². The third kappa shape index (κ3) is 5.40. The van der Waals surface area contributed by atoms with Crippen molar-refractivity contribution in [2.75, 3.05) is 13.2 Å². The van der Waals surface area contributed by atoms with Gasteiger partial charge in [-0.05, 0) is 48.9 Å². The number of benzene rings is 1. The van der Waals surface area contributed by atoms with Crippen molar-refractivity contribution in [2.45, 2.75) is 45.6 Å². The van der Waals surface area contributed by atoms with E-state index in [1.165, 1.54) is 37.7 Å². The molecule has 0 radical (unpaired) electrons. The van der Waals surface area contributed by atoms with E-state index >= 15 is 0 Å². The Labute approximate surface area is 128 Å². The molecular formula is C18H26N2O. The summed E-state index contributed by atoms with van der Waals surface area (Å²) in [6.45, 7) is 4.40. The lowest BCUT2D eigenvalue weighted by atomic mass is 9.81. The van der Waals surface area contributed by atoms with Crippen molar-refractivity contribution >= 4 is 0 Å². The summed E-state index contributed by atoms with van der Waals surface area (Å²) in [5, 5.41) is 12.1. The molecule has 3 nitrogen and oxygen atoms in total. The van der Waals surface area contributed by atoms with Crippen molar-refractivity contribution in [3.63, 3.8) is 0 Å². The van der Waals surface area contributed by atoms with Gasteiger partial charge < -0.3 is 10.1 Å². The van der Waals surface area contributed by atoms with Crippen LogP contribution in [0.4, 0.5) is 0 Å². The van der Waals surface area contributed by atoms with Gasteiger partial charge in [-0.25, -0.2) is 0 Å². The zero-order valence-corrected chi connectivity index (χ0v) is 13.0. The molecule has 1 N–H and O–H groups in total. The van der Waals surface area contributed by atoms with Gasteiger partial charge in [0.25, 0.3) is 0 Å². The average Bonchev–Trinajstić information content (AvgIpc) is 2.54. The van der Waals surface area contributed by atoms with Crippen molar-refractivity contribution in [1.29, 1.82) is 5.26 Å². The Kier molecular flexibility index (Phi) is 6.56. The highest BCUT2D eigenvalue weighted by atomic mass is 16.5. The minimum atomic E-state index is 0.109. The Hall–Kier alpha value is -1.53. The second-order valence-electron chi connectivity index (χ2n) is 6.02. The molecule has 0 amide bonds. The molecule has 1 aromatic carbocycles. The highest BCUT2D eigenvalue weighted by Crippen LogP contribution is 2.30. The van der Waals surface area contributed by atoms with Gasteiger partial charge in [0.15, 0.2) is 6.61 Å². The van der Waals surface area contributed by atoms with Crippen LogP contribution < -0.4 is 10.1 Å². The molecule has 3 heteroatoms. The molecule has 0 aliphatic heterocycles. The highest BCUT2D eigenvalue weighted by Gasteiger charge is 2.19. The van der Waals surface area contributed by atoms with Gasteiger partial charge in [-0.1, -0.05) is 38.3 Å². The predicted molar refractivity (Wildman–Crippen MR) is 85.0 cm³/mol. The molecule has 0 saturated heterocycles. The molecule has 1 saturated carbocycles. The summed E-state index contributed by atoms with van der Waals surface area (Å²) in [6.07, 6.45) is 6.89. The molecule has 0 spiro atoms. The van der Waals surface area contributed by atoms with Gasteiger partial charge in [-0.2, -0.15) is 5.26 Å². The maximum atomic E-state index is 8.53. The lowest BCUT2D eigenvalue weighted by molar-refractivity contribution is 0.262. The summed E-state index contributed by atoms with van der Waals surface area (Å²) in [5.74, 6) is 2.58. The van der Waals surface area contributed by atoms with Crippen molar-refractivity contribution in [2.24, 2.45) is 11.8 Å². The van der Waals surface area contributed by atoms with E-state index in [0.717, 1.165) is 30.7 Å². The molecule has 0 atom stereocenters. The third-order valence-electron chi connectivity index (χ3n) is 4.51. The molecule has 0 bridgehead atoms. The first kappa shape index (κ1) is 15.9. The van der Waals surface area contributed by atoms with Crippen LogP contribution in [0, 0.1) is 23.2 Å². The van der Waals surface area contributed by atoms with E-state index in [9.17, 15) is 0 Å². The van der Waals surface area contributed by atoms with E-state index in [0.29, 0.717) is 0 Å². The van der Waals surface area contributed by atoms with Gasteiger partial charge in [-0.3, -0.25) is 0 Å². The minimum Gasteiger partial charge on any atom is -0.479 e. The van der Waals surface area contributed by atoms with Gasteiger partial charge in [0.2, 0.25) is 0 Å². The lowest BCUT2D eigenvalue weighted by Crippen LogP contribution is -2.26. The zero-order chi connectivity index (χ0) is 14.9. The number of hydrogen-bond acceptors (Lipinski definition) is 3. The summed E-state index contributed by atoms with van der Waals surface area (Å²) in [6, 6.07) is 9.98. The van der Waals surface area contributed by atoms with Crippen molar-refractivity contribution < 1.29 is 4.74 Å². The summed E-state index contributed by atoms with van der Waals surface area (Å²) in [5.41, 5.74) is 1.22. The first-order chi connectivity index (χ1) is 10.3. The quantitative estimate of drug-likeness (QED) is 0.827. The molecule has 21 heavy (non-hydrogen) atoms. The fraction of sp³-hybridized carbons (Fsp3) is 0.611. The average molecular weight is 286 g/mol. The smallest absolute Gasteiger partial charge is 0.174 e. The maximum absolute atomic E-state index is 8.53. The first-order valence-corrected chi connectivity index (χ1v) is 8.11. The Morgan fingerprint density at radius 2 is 2.00 bits per heavy atom. The zero-order valence-electron chi connectivity index (χ0n) is 13.0. The van der Waals surface area contributed by atoms with Crippen LogP contribution in [0.3, 0.4) is 0 Å². The molecule has 114 valence electrons. The second kappa shape index (κ2) is 8.69. The molecule has 1 fully saturated rings. The summed E-state index contributed by atoms with van der Waals surface area (Å²) in [4.78, 5) is 0. The largest absolute Gasteiger partial charge is 0.479 e. The van der Waals surface area contributed by atoms with E-state index in [-0.39, 0.29) is 6.61 Å². The van der Waals surface area contributed by atoms with Gasteiger partial charge in [0, 0.05) is 6.54 Å². The first-order valence-electron chi connectivity index (χ1n) is 8.11. The highest BCUT2D eigenvalue weighted by molar-refractivity contribution is 5.28. The van der Waals surface area contributed by atoms with Crippen LogP contribution in [0.5, 0.6) is 5.75 Å². The number of nitrogens with zero attached hydrogens (tertiary/aromatic N) is 1. The SMILES string of the molecule is CCC1CCC(CNCc2cccc(OCC#N)c2)CC1. The van der Waals surface area contributed by atoms with Crippen molar-refractivity contribution in [3.8, 4) is 11.8 Å². The number of ether oxygens (including phenoxy) is 1. The fourth-order valence-electron chi connectivity index (χ4n) is 3.13. The molecule has 0 unspecified atom stereocenters.